The zero-order valence-corrected chi connectivity index (χ0v) is 10.6. The van der Waals surface area contributed by atoms with Crippen LogP contribution in [0, 0.1) is 0 Å². The van der Waals surface area contributed by atoms with Gasteiger partial charge in [0.1, 0.15) is 0 Å². The summed E-state index contributed by atoms with van der Waals surface area (Å²) in [6.07, 6.45) is 5.21. The second-order valence-corrected chi connectivity index (χ2v) is 5.20. The smallest absolute Gasteiger partial charge is 0.160 e. The minimum absolute atomic E-state index is 0.306. The van der Waals surface area contributed by atoms with Gasteiger partial charge in [-0.1, -0.05) is 6.07 Å². The fourth-order valence-corrected chi connectivity index (χ4v) is 3.10. The molecule has 2 aliphatic rings. The average Bonchev–Trinajstić information content (AvgIpc) is 2.46. The topological polar surface area (TPSA) is 42.0 Å². The van der Waals surface area contributed by atoms with Gasteiger partial charge in [0, 0.05) is 41.4 Å². The van der Waals surface area contributed by atoms with Crippen LogP contribution in [-0.4, -0.2) is 10.8 Å². The Morgan fingerprint density at radius 1 is 1.16 bits per heavy atom. The zero-order valence-electron chi connectivity index (χ0n) is 10.6. The summed E-state index contributed by atoms with van der Waals surface area (Å²) in [6, 6.07) is 8.15. The van der Waals surface area contributed by atoms with Crippen LogP contribution >= 0.6 is 0 Å². The van der Waals surface area contributed by atoms with Gasteiger partial charge in [0.25, 0.3) is 0 Å². The van der Waals surface area contributed by atoms with Crippen molar-refractivity contribution in [1.82, 2.24) is 4.98 Å². The third-order valence-electron chi connectivity index (χ3n) is 4.07. The Balaban J connectivity index is 1.91. The molecule has 94 valence electrons. The molecule has 1 aromatic carbocycles. The van der Waals surface area contributed by atoms with E-state index in [0.717, 1.165) is 47.1 Å². The Morgan fingerprint density at radius 3 is 3.05 bits per heavy atom. The molecular formula is C16H14N2O. The summed E-state index contributed by atoms with van der Waals surface area (Å²) in [7, 11) is 0. The average molecular weight is 250 g/mol. The van der Waals surface area contributed by atoms with E-state index in [-0.39, 0.29) is 0 Å². The highest BCUT2D eigenvalue weighted by Gasteiger charge is 2.26. The number of hydrogen-bond donors (Lipinski definition) is 1. The number of allylic oxidation sites excluding steroid dienone is 2. The van der Waals surface area contributed by atoms with Crippen molar-refractivity contribution >= 4 is 22.4 Å². The van der Waals surface area contributed by atoms with Gasteiger partial charge in [0.05, 0.1) is 5.52 Å². The standard InChI is InChI=1S/C16H14N2O/c19-16-5-1-4-14-12(16)9-11-10-3-2-8-17-13(10)6-7-15(11)18-14/h2-3,6-8,18H,1,4-5,9H2. The Labute approximate surface area is 111 Å². The number of pyridine rings is 1. The van der Waals surface area contributed by atoms with Crippen LogP contribution in [0.3, 0.4) is 0 Å². The predicted octanol–water partition coefficient (Wildman–Crippen LogP) is 3.21. The van der Waals surface area contributed by atoms with Crippen molar-refractivity contribution in [2.45, 2.75) is 25.7 Å². The van der Waals surface area contributed by atoms with Crippen molar-refractivity contribution in [1.29, 1.82) is 0 Å². The number of nitrogens with zero attached hydrogens (tertiary/aromatic N) is 1. The summed E-state index contributed by atoms with van der Waals surface area (Å²) in [6.45, 7) is 0. The van der Waals surface area contributed by atoms with E-state index in [1.54, 1.807) is 6.20 Å². The lowest BCUT2D eigenvalue weighted by molar-refractivity contribution is -0.116. The van der Waals surface area contributed by atoms with Gasteiger partial charge in [-0.3, -0.25) is 9.78 Å². The molecule has 1 aromatic heterocycles. The van der Waals surface area contributed by atoms with Gasteiger partial charge in [0.15, 0.2) is 5.78 Å². The van der Waals surface area contributed by atoms with Crippen LogP contribution in [-0.2, 0) is 11.2 Å². The first kappa shape index (κ1) is 10.7. The Bertz CT molecular complexity index is 731. The maximum absolute atomic E-state index is 12.1. The second kappa shape index (κ2) is 3.92. The molecule has 0 spiro atoms. The lowest BCUT2D eigenvalue weighted by Gasteiger charge is -2.28. The first-order valence-electron chi connectivity index (χ1n) is 6.72. The molecule has 3 heteroatoms. The number of carbonyl (C=O) groups is 1. The molecule has 0 radical (unpaired) electrons. The Kier molecular flexibility index (Phi) is 2.21. The van der Waals surface area contributed by atoms with E-state index in [1.807, 2.05) is 12.1 Å². The number of Topliss-reactive ketones (excluding diaryl/α,β-unsaturated/α-hetero) is 1. The number of fused-ring (bicyclic) bond motifs is 3. The van der Waals surface area contributed by atoms with E-state index in [4.69, 9.17) is 0 Å². The highest BCUT2D eigenvalue weighted by Crippen LogP contribution is 2.36. The van der Waals surface area contributed by atoms with Crippen LogP contribution < -0.4 is 5.32 Å². The largest absolute Gasteiger partial charge is 0.358 e. The number of hydrogen-bond acceptors (Lipinski definition) is 3. The quantitative estimate of drug-likeness (QED) is 0.780. The molecule has 0 fully saturated rings. The zero-order chi connectivity index (χ0) is 12.8. The molecule has 1 aliphatic carbocycles. The van der Waals surface area contributed by atoms with E-state index in [0.29, 0.717) is 12.2 Å². The fraction of sp³-hybridized carbons (Fsp3) is 0.250. The molecular weight excluding hydrogens is 236 g/mol. The van der Waals surface area contributed by atoms with Gasteiger partial charge in [-0.15, -0.1) is 0 Å². The summed E-state index contributed by atoms with van der Waals surface area (Å²) >= 11 is 0. The number of carbonyl (C=O) groups excluding carboxylic acids is 1. The van der Waals surface area contributed by atoms with E-state index in [1.165, 1.54) is 5.56 Å². The highest BCUT2D eigenvalue weighted by molar-refractivity contribution is 6.01. The number of rotatable bonds is 0. The van der Waals surface area contributed by atoms with E-state index in [2.05, 4.69) is 22.4 Å². The third kappa shape index (κ3) is 1.58. The first-order valence-corrected chi connectivity index (χ1v) is 6.72. The summed E-state index contributed by atoms with van der Waals surface area (Å²) in [4.78, 5) is 16.4. The van der Waals surface area contributed by atoms with Gasteiger partial charge < -0.3 is 5.32 Å². The van der Waals surface area contributed by atoms with E-state index >= 15 is 0 Å². The van der Waals surface area contributed by atoms with E-state index in [9.17, 15) is 4.79 Å². The van der Waals surface area contributed by atoms with Crippen molar-refractivity contribution in [3.8, 4) is 0 Å². The number of ketones is 1. The van der Waals surface area contributed by atoms with Crippen LogP contribution in [0.1, 0.15) is 24.8 Å². The second-order valence-electron chi connectivity index (χ2n) is 5.20. The predicted molar refractivity (Wildman–Crippen MR) is 75.0 cm³/mol. The molecule has 3 nitrogen and oxygen atoms in total. The SMILES string of the molecule is O=C1CCCC2=C1Cc1c(ccc3ncccc13)N2. The van der Waals surface area contributed by atoms with Crippen molar-refractivity contribution < 1.29 is 4.79 Å². The van der Waals surface area contributed by atoms with Gasteiger partial charge in [0.2, 0.25) is 0 Å². The molecule has 0 amide bonds. The van der Waals surface area contributed by atoms with Crippen molar-refractivity contribution in [2.75, 3.05) is 5.32 Å². The molecule has 0 bridgehead atoms. The third-order valence-corrected chi connectivity index (χ3v) is 4.07. The van der Waals surface area contributed by atoms with Crippen molar-refractivity contribution in [3.05, 3.63) is 47.3 Å². The Morgan fingerprint density at radius 2 is 2.11 bits per heavy atom. The van der Waals surface area contributed by atoms with Crippen LogP contribution in [0.25, 0.3) is 10.9 Å². The molecule has 2 aromatic rings. The maximum atomic E-state index is 12.1. The van der Waals surface area contributed by atoms with Crippen LogP contribution in [0.4, 0.5) is 5.69 Å². The number of benzene rings is 1. The van der Waals surface area contributed by atoms with Crippen LogP contribution in [0.2, 0.25) is 0 Å². The minimum atomic E-state index is 0.306. The molecule has 0 unspecified atom stereocenters. The minimum Gasteiger partial charge on any atom is -0.358 e. The Hall–Kier alpha value is -2.16. The molecule has 0 saturated carbocycles. The molecule has 1 N–H and O–H groups in total. The maximum Gasteiger partial charge on any atom is 0.160 e. The van der Waals surface area contributed by atoms with Crippen LogP contribution in [0.15, 0.2) is 41.7 Å². The monoisotopic (exact) mass is 250 g/mol. The van der Waals surface area contributed by atoms with Gasteiger partial charge in [-0.25, -0.2) is 0 Å². The van der Waals surface area contributed by atoms with Crippen molar-refractivity contribution in [3.63, 3.8) is 0 Å². The normalized spacial score (nSPS) is 18.0. The molecule has 0 saturated heterocycles. The molecule has 19 heavy (non-hydrogen) atoms. The summed E-state index contributed by atoms with van der Waals surface area (Å²) in [5, 5.41) is 4.60. The fourth-order valence-electron chi connectivity index (χ4n) is 3.10. The van der Waals surface area contributed by atoms with Gasteiger partial charge in [-0.2, -0.15) is 0 Å². The summed E-state index contributed by atoms with van der Waals surface area (Å²) < 4.78 is 0. The molecule has 2 heterocycles. The van der Waals surface area contributed by atoms with Crippen LogP contribution in [0.5, 0.6) is 0 Å². The van der Waals surface area contributed by atoms with Gasteiger partial charge >= 0.3 is 0 Å². The molecule has 0 atom stereocenters. The number of nitrogens with one attached hydrogen (secondary N) is 1. The number of anilines is 1. The van der Waals surface area contributed by atoms with E-state index < -0.39 is 0 Å². The summed E-state index contributed by atoms with van der Waals surface area (Å²) in [5.41, 5.74) is 5.45. The van der Waals surface area contributed by atoms with Crippen molar-refractivity contribution in [2.24, 2.45) is 0 Å². The lowest BCUT2D eigenvalue weighted by atomic mass is 9.86. The lowest BCUT2D eigenvalue weighted by Crippen LogP contribution is -2.22. The molecule has 4 rings (SSSR count). The molecule has 1 aliphatic heterocycles. The summed E-state index contributed by atoms with van der Waals surface area (Å²) in [5.74, 6) is 0.306. The first-order chi connectivity index (χ1) is 9.33. The highest BCUT2D eigenvalue weighted by atomic mass is 16.1. The number of aromatic nitrogens is 1. The van der Waals surface area contributed by atoms with Gasteiger partial charge in [-0.05, 0) is 36.6 Å².